The van der Waals surface area contributed by atoms with Crippen molar-refractivity contribution in [3.05, 3.63) is 52.1 Å². The van der Waals surface area contributed by atoms with Crippen LogP contribution in [0.3, 0.4) is 0 Å². The minimum absolute atomic E-state index is 0.0528. The van der Waals surface area contributed by atoms with Crippen LogP contribution in [0.15, 0.2) is 46.4 Å². The molecule has 2 aromatic carbocycles. The maximum absolute atomic E-state index is 12.8. The summed E-state index contributed by atoms with van der Waals surface area (Å²) < 4.78 is 42.3. The highest BCUT2D eigenvalue weighted by Crippen LogP contribution is 2.29. The number of hydrogen-bond acceptors (Lipinski definition) is 9. The summed E-state index contributed by atoms with van der Waals surface area (Å²) in [5.74, 6) is 1.12. The molecule has 0 atom stereocenters. The van der Waals surface area contributed by atoms with Crippen LogP contribution >= 0.6 is 0 Å². The van der Waals surface area contributed by atoms with Crippen molar-refractivity contribution in [2.75, 3.05) is 45.9 Å². The first-order chi connectivity index (χ1) is 14.8. The number of nitro benzene ring substituents is 1. The monoisotopic (exact) mass is 450 g/mol. The first kappa shape index (κ1) is 22.5. The molecule has 1 heterocycles. The second-order valence-electron chi connectivity index (χ2n) is 6.47. The van der Waals surface area contributed by atoms with Crippen molar-refractivity contribution in [1.29, 1.82) is 0 Å². The van der Waals surface area contributed by atoms with Gasteiger partial charge in [-0.15, -0.1) is 0 Å². The van der Waals surface area contributed by atoms with Crippen molar-refractivity contribution in [2.24, 2.45) is 5.10 Å². The van der Waals surface area contributed by atoms with Gasteiger partial charge >= 0.3 is 0 Å². The predicted molar refractivity (Wildman–Crippen MR) is 113 cm³/mol. The van der Waals surface area contributed by atoms with E-state index in [1.807, 2.05) is 0 Å². The van der Waals surface area contributed by atoms with Gasteiger partial charge in [0.1, 0.15) is 17.2 Å². The number of nitro groups is 1. The Morgan fingerprint density at radius 3 is 2.35 bits per heavy atom. The highest BCUT2D eigenvalue weighted by Gasteiger charge is 2.28. The average molecular weight is 450 g/mol. The van der Waals surface area contributed by atoms with E-state index in [0.29, 0.717) is 17.1 Å². The second-order valence-corrected chi connectivity index (χ2v) is 8.41. The predicted octanol–water partition coefficient (Wildman–Crippen LogP) is 2.08. The van der Waals surface area contributed by atoms with E-state index in [4.69, 9.17) is 14.2 Å². The third kappa shape index (κ3) is 5.29. The number of benzene rings is 2. The lowest BCUT2D eigenvalue weighted by molar-refractivity contribution is -0.384. The number of sulfonamides is 1. The van der Waals surface area contributed by atoms with Crippen LogP contribution in [0.4, 0.5) is 11.4 Å². The quantitative estimate of drug-likeness (QED) is 0.367. The molecule has 31 heavy (non-hydrogen) atoms. The van der Waals surface area contributed by atoms with Gasteiger partial charge < -0.3 is 14.2 Å². The first-order valence-corrected chi connectivity index (χ1v) is 10.7. The number of nitrogens with zero attached hydrogens (tertiary/aromatic N) is 3. The summed E-state index contributed by atoms with van der Waals surface area (Å²) in [5.41, 5.74) is 2.88. The number of ether oxygens (including phenoxy) is 3. The number of rotatable bonds is 8. The number of methoxy groups -OCH3 is 2. The van der Waals surface area contributed by atoms with Crippen LogP contribution in [0, 0.1) is 10.1 Å². The van der Waals surface area contributed by atoms with Crippen molar-refractivity contribution >= 4 is 27.6 Å². The van der Waals surface area contributed by atoms with Crippen molar-refractivity contribution in [3.63, 3.8) is 0 Å². The first-order valence-electron chi connectivity index (χ1n) is 9.23. The number of anilines is 1. The summed E-state index contributed by atoms with van der Waals surface area (Å²) in [5, 5.41) is 15.6. The van der Waals surface area contributed by atoms with Gasteiger partial charge in [-0.1, -0.05) is 0 Å². The van der Waals surface area contributed by atoms with E-state index in [-0.39, 0.29) is 36.9 Å². The standard InChI is InChI=1S/C19H22N4O7S/c1-28-15-9-14(10-16(11-15)29-2)13-20-21-18-4-3-17(12-19(18)23(24)25)31(26,27)22-5-7-30-8-6-22/h3-4,9-13,21H,5-8H2,1-2H3. The molecule has 0 amide bonds. The maximum Gasteiger partial charge on any atom is 0.295 e. The number of morpholine rings is 1. The summed E-state index contributed by atoms with van der Waals surface area (Å²) in [6, 6.07) is 8.76. The Bertz CT molecular complexity index is 1060. The van der Waals surface area contributed by atoms with E-state index in [0.717, 1.165) is 6.07 Å². The van der Waals surface area contributed by atoms with E-state index in [9.17, 15) is 18.5 Å². The highest BCUT2D eigenvalue weighted by molar-refractivity contribution is 7.89. The van der Waals surface area contributed by atoms with Crippen molar-refractivity contribution < 1.29 is 27.6 Å². The normalized spacial score (nSPS) is 15.0. The number of nitrogens with one attached hydrogen (secondary N) is 1. The highest BCUT2D eigenvalue weighted by atomic mass is 32.2. The lowest BCUT2D eigenvalue weighted by atomic mass is 10.2. The zero-order valence-electron chi connectivity index (χ0n) is 17.0. The smallest absolute Gasteiger partial charge is 0.295 e. The summed E-state index contributed by atoms with van der Waals surface area (Å²) in [7, 11) is -0.823. The van der Waals surface area contributed by atoms with Gasteiger partial charge in [0.25, 0.3) is 5.69 Å². The van der Waals surface area contributed by atoms with E-state index >= 15 is 0 Å². The Kier molecular flexibility index (Phi) is 7.05. The van der Waals surface area contributed by atoms with Gasteiger partial charge in [0.15, 0.2) is 0 Å². The summed E-state index contributed by atoms with van der Waals surface area (Å²) in [4.78, 5) is 10.7. The van der Waals surface area contributed by atoms with Crippen LogP contribution in [0.2, 0.25) is 0 Å². The number of hydrazone groups is 1. The molecule has 0 bridgehead atoms. The average Bonchev–Trinajstić information content (AvgIpc) is 2.79. The fourth-order valence-corrected chi connectivity index (χ4v) is 4.36. The van der Waals surface area contributed by atoms with Gasteiger partial charge in [-0.3, -0.25) is 15.5 Å². The van der Waals surface area contributed by atoms with Crippen molar-refractivity contribution in [1.82, 2.24) is 4.31 Å². The lowest BCUT2D eigenvalue weighted by Gasteiger charge is -2.26. The van der Waals surface area contributed by atoms with Crippen LogP contribution in [-0.4, -0.2) is 64.4 Å². The molecular formula is C19H22N4O7S. The minimum atomic E-state index is -3.86. The van der Waals surface area contributed by atoms with Crippen molar-refractivity contribution in [2.45, 2.75) is 4.90 Å². The van der Waals surface area contributed by atoms with Crippen LogP contribution in [0.5, 0.6) is 11.5 Å². The summed E-state index contributed by atoms with van der Waals surface area (Å²) >= 11 is 0. The van der Waals surface area contributed by atoms with Crippen LogP contribution in [0.25, 0.3) is 0 Å². The molecule has 2 aromatic rings. The molecule has 1 fully saturated rings. The summed E-state index contributed by atoms with van der Waals surface area (Å²) in [6.07, 6.45) is 1.44. The molecule has 1 N–H and O–H groups in total. The molecule has 0 spiro atoms. The molecule has 0 unspecified atom stereocenters. The molecule has 0 aromatic heterocycles. The summed E-state index contributed by atoms with van der Waals surface area (Å²) in [6.45, 7) is 0.963. The molecule has 0 saturated carbocycles. The zero-order valence-corrected chi connectivity index (χ0v) is 17.8. The molecule has 3 rings (SSSR count). The molecule has 1 aliphatic rings. The number of hydrogen-bond donors (Lipinski definition) is 1. The second kappa shape index (κ2) is 9.73. The Labute approximate surface area is 179 Å². The fourth-order valence-electron chi connectivity index (χ4n) is 2.93. The molecule has 0 radical (unpaired) electrons. The van der Waals surface area contributed by atoms with Gasteiger partial charge in [-0.2, -0.15) is 9.41 Å². The molecule has 0 aliphatic carbocycles. The molecule has 12 heteroatoms. The van der Waals surface area contributed by atoms with E-state index < -0.39 is 20.6 Å². The fraction of sp³-hybridized carbons (Fsp3) is 0.316. The zero-order chi connectivity index (χ0) is 22.4. The molecule has 1 aliphatic heterocycles. The minimum Gasteiger partial charge on any atom is -0.497 e. The van der Waals surface area contributed by atoms with Gasteiger partial charge in [0, 0.05) is 30.8 Å². The van der Waals surface area contributed by atoms with E-state index in [1.165, 1.54) is 36.9 Å². The van der Waals surface area contributed by atoms with Crippen LogP contribution in [-0.2, 0) is 14.8 Å². The largest absolute Gasteiger partial charge is 0.497 e. The Hall–Kier alpha value is -3.22. The topological polar surface area (TPSA) is 133 Å². The lowest BCUT2D eigenvalue weighted by Crippen LogP contribution is -2.40. The molecule has 11 nitrogen and oxygen atoms in total. The van der Waals surface area contributed by atoms with Crippen LogP contribution < -0.4 is 14.9 Å². The molecule has 166 valence electrons. The van der Waals surface area contributed by atoms with Crippen LogP contribution in [0.1, 0.15) is 5.56 Å². The van der Waals surface area contributed by atoms with Gasteiger partial charge in [0.05, 0.1) is 43.5 Å². The van der Waals surface area contributed by atoms with E-state index in [2.05, 4.69) is 10.5 Å². The third-order valence-electron chi connectivity index (χ3n) is 4.55. The van der Waals surface area contributed by atoms with E-state index in [1.54, 1.807) is 18.2 Å². The Balaban J connectivity index is 1.84. The molecule has 1 saturated heterocycles. The SMILES string of the molecule is COc1cc(C=NNc2ccc(S(=O)(=O)N3CCOCC3)cc2[N+](=O)[O-])cc(OC)c1. The van der Waals surface area contributed by atoms with Gasteiger partial charge in [-0.05, 0) is 24.3 Å². The third-order valence-corrected chi connectivity index (χ3v) is 6.44. The van der Waals surface area contributed by atoms with Gasteiger partial charge in [0.2, 0.25) is 10.0 Å². The Morgan fingerprint density at radius 1 is 1.13 bits per heavy atom. The van der Waals surface area contributed by atoms with Crippen molar-refractivity contribution in [3.8, 4) is 11.5 Å². The van der Waals surface area contributed by atoms with Gasteiger partial charge in [-0.25, -0.2) is 8.42 Å². The molecular weight excluding hydrogens is 428 g/mol. The Morgan fingerprint density at radius 2 is 1.77 bits per heavy atom. The maximum atomic E-state index is 12.8.